The fourth-order valence-electron chi connectivity index (χ4n) is 2.26. The average Bonchev–Trinajstić information content (AvgIpc) is 2.69. The molecule has 0 saturated carbocycles. The summed E-state index contributed by atoms with van der Waals surface area (Å²) in [7, 11) is 2.13. The third-order valence-electron chi connectivity index (χ3n) is 3.23. The molecule has 0 amide bonds. The van der Waals surface area contributed by atoms with Crippen molar-refractivity contribution in [1.29, 1.82) is 0 Å². The molecular weight excluding hydrogens is 250 g/mol. The van der Waals surface area contributed by atoms with Gasteiger partial charge in [-0.2, -0.15) is 0 Å². The first-order valence-corrected chi connectivity index (χ1v) is 7.13. The molecule has 1 aliphatic rings. The van der Waals surface area contributed by atoms with Crippen molar-refractivity contribution in [1.82, 2.24) is 14.5 Å². The molecule has 18 heavy (non-hydrogen) atoms. The average molecular weight is 269 g/mol. The van der Waals surface area contributed by atoms with Crippen LogP contribution in [-0.2, 0) is 4.79 Å². The Kier molecular flexibility index (Phi) is 4.29. The number of aryl methyl sites for hydroxylation is 1. The molecule has 1 saturated heterocycles. The first-order chi connectivity index (χ1) is 8.56. The van der Waals surface area contributed by atoms with Gasteiger partial charge in [-0.05, 0) is 39.9 Å². The summed E-state index contributed by atoms with van der Waals surface area (Å²) in [4.78, 5) is 17.4. The molecule has 0 unspecified atom stereocenters. The van der Waals surface area contributed by atoms with E-state index < -0.39 is 5.97 Å². The number of aliphatic carboxylic acids is 1. The van der Waals surface area contributed by atoms with Crippen molar-refractivity contribution in [3.63, 3.8) is 0 Å². The van der Waals surface area contributed by atoms with Gasteiger partial charge in [0.15, 0.2) is 5.16 Å². The van der Waals surface area contributed by atoms with Crippen LogP contribution in [0.1, 0.15) is 24.6 Å². The van der Waals surface area contributed by atoms with Crippen LogP contribution in [0.15, 0.2) is 11.4 Å². The van der Waals surface area contributed by atoms with Gasteiger partial charge >= 0.3 is 5.97 Å². The van der Waals surface area contributed by atoms with Gasteiger partial charge in [-0.25, -0.2) is 4.98 Å². The normalized spacial score (nSPS) is 18.1. The number of aromatic nitrogens is 2. The summed E-state index contributed by atoms with van der Waals surface area (Å²) in [5.74, 6) is -0.723. The van der Waals surface area contributed by atoms with E-state index in [-0.39, 0.29) is 5.75 Å². The molecule has 0 aromatic carbocycles. The summed E-state index contributed by atoms with van der Waals surface area (Å²) in [6.07, 6.45) is 4.25. The van der Waals surface area contributed by atoms with E-state index in [9.17, 15) is 4.79 Å². The minimum atomic E-state index is -0.796. The molecule has 100 valence electrons. The van der Waals surface area contributed by atoms with Crippen molar-refractivity contribution in [2.45, 2.75) is 31.0 Å². The second-order valence-electron chi connectivity index (χ2n) is 4.79. The standard InChI is InChI=1S/C12H19N3O2S/c1-9-7-15(10-3-5-14(2)6-4-10)12(13-9)18-8-11(16)17/h7,10H,3-6,8H2,1-2H3,(H,16,17). The van der Waals surface area contributed by atoms with E-state index >= 15 is 0 Å². The van der Waals surface area contributed by atoms with Gasteiger partial charge < -0.3 is 14.6 Å². The first-order valence-electron chi connectivity index (χ1n) is 6.15. The Morgan fingerprint density at radius 1 is 1.56 bits per heavy atom. The fraction of sp³-hybridized carbons (Fsp3) is 0.667. The number of likely N-dealkylation sites (tertiary alicyclic amines) is 1. The zero-order valence-corrected chi connectivity index (χ0v) is 11.6. The summed E-state index contributed by atoms with van der Waals surface area (Å²) < 4.78 is 2.16. The number of rotatable bonds is 4. The molecule has 6 heteroatoms. The number of hydrogen-bond donors (Lipinski definition) is 1. The van der Waals surface area contributed by atoms with Crippen LogP contribution in [-0.4, -0.2) is 51.4 Å². The van der Waals surface area contributed by atoms with Gasteiger partial charge in [0.05, 0.1) is 11.4 Å². The summed E-state index contributed by atoms with van der Waals surface area (Å²) in [6.45, 7) is 4.13. The van der Waals surface area contributed by atoms with Crippen LogP contribution in [0.4, 0.5) is 0 Å². The van der Waals surface area contributed by atoms with Crippen molar-refractivity contribution in [2.24, 2.45) is 0 Å². The van der Waals surface area contributed by atoms with Crippen LogP contribution in [0.2, 0.25) is 0 Å². The van der Waals surface area contributed by atoms with Crippen LogP contribution in [0.5, 0.6) is 0 Å². The van der Waals surface area contributed by atoms with Gasteiger partial charge in [0.25, 0.3) is 0 Å². The van der Waals surface area contributed by atoms with Gasteiger partial charge in [0.1, 0.15) is 0 Å². The fourth-order valence-corrected chi connectivity index (χ4v) is 3.07. The van der Waals surface area contributed by atoms with Crippen LogP contribution in [0.3, 0.4) is 0 Å². The highest BCUT2D eigenvalue weighted by Gasteiger charge is 2.21. The summed E-state index contributed by atoms with van der Waals surface area (Å²) in [6, 6.07) is 0.457. The van der Waals surface area contributed by atoms with Gasteiger partial charge in [-0.1, -0.05) is 11.8 Å². The van der Waals surface area contributed by atoms with E-state index in [2.05, 4.69) is 21.5 Å². The molecule has 0 bridgehead atoms. The number of hydrogen-bond acceptors (Lipinski definition) is 4. The zero-order chi connectivity index (χ0) is 13.1. The Hall–Kier alpha value is -1.01. The molecule has 1 fully saturated rings. The smallest absolute Gasteiger partial charge is 0.313 e. The quantitative estimate of drug-likeness (QED) is 0.842. The van der Waals surface area contributed by atoms with Crippen LogP contribution in [0, 0.1) is 6.92 Å². The van der Waals surface area contributed by atoms with E-state index in [0.29, 0.717) is 6.04 Å². The minimum Gasteiger partial charge on any atom is -0.481 e. The molecule has 0 atom stereocenters. The highest BCUT2D eigenvalue weighted by atomic mass is 32.2. The molecule has 1 N–H and O–H groups in total. The third-order valence-corrected chi connectivity index (χ3v) is 4.18. The van der Waals surface area contributed by atoms with Gasteiger partial charge in [-0.3, -0.25) is 4.79 Å². The minimum absolute atomic E-state index is 0.0725. The van der Waals surface area contributed by atoms with Gasteiger partial charge in [0, 0.05) is 12.2 Å². The van der Waals surface area contributed by atoms with E-state index in [0.717, 1.165) is 36.8 Å². The second kappa shape index (κ2) is 5.75. The highest BCUT2D eigenvalue weighted by Crippen LogP contribution is 2.28. The van der Waals surface area contributed by atoms with E-state index in [1.165, 1.54) is 11.8 Å². The van der Waals surface area contributed by atoms with Crippen molar-refractivity contribution < 1.29 is 9.90 Å². The summed E-state index contributed by atoms with van der Waals surface area (Å²) in [5.41, 5.74) is 0.960. The molecule has 1 aromatic rings. The lowest BCUT2D eigenvalue weighted by Crippen LogP contribution is -2.31. The molecule has 1 aliphatic heterocycles. The predicted octanol–water partition coefficient (Wildman–Crippen LogP) is 1.63. The topological polar surface area (TPSA) is 58.4 Å². The molecule has 1 aromatic heterocycles. The first kappa shape index (κ1) is 13.4. The lowest BCUT2D eigenvalue weighted by atomic mass is 10.1. The molecular formula is C12H19N3O2S. The Balaban J connectivity index is 2.09. The monoisotopic (exact) mass is 269 g/mol. The predicted molar refractivity (Wildman–Crippen MR) is 71.1 cm³/mol. The Bertz CT molecular complexity index is 425. The van der Waals surface area contributed by atoms with E-state index in [4.69, 9.17) is 5.11 Å². The van der Waals surface area contributed by atoms with Crippen LogP contribution in [0.25, 0.3) is 0 Å². The van der Waals surface area contributed by atoms with E-state index in [1.54, 1.807) is 0 Å². The number of nitrogens with zero attached hydrogens (tertiary/aromatic N) is 3. The maximum Gasteiger partial charge on any atom is 0.313 e. The number of imidazole rings is 1. The number of carboxylic acids is 1. The number of carbonyl (C=O) groups is 1. The number of thioether (sulfide) groups is 1. The van der Waals surface area contributed by atoms with Crippen LogP contribution >= 0.6 is 11.8 Å². The Labute approximate surface area is 111 Å². The van der Waals surface area contributed by atoms with Gasteiger partial charge in [0.2, 0.25) is 0 Å². The third kappa shape index (κ3) is 3.26. The highest BCUT2D eigenvalue weighted by molar-refractivity contribution is 7.99. The maximum absolute atomic E-state index is 10.6. The molecule has 2 heterocycles. The molecule has 0 spiro atoms. The SMILES string of the molecule is Cc1cn(C2CCN(C)CC2)c(SCC(=O)O)n1. The maximum atomic E-state index is 10.6. The molecule has 0 aliphatic carbocycles. The van der Waals surface area contributed by atoms with Crippen molar-refractivity contribution in [3.05, 3.63) is 11.9 Å². The molecule has 0 radical (unpaired) electrons. The zero-order valence-electron chi connectivity index (χ0n) is 10.8. The summed E-state index contributed by atoms with van der Waals surface area (Å²) >= 11 is 1.31. The number of carboxylic acid groups (broad SMARTS) is 1. The lowest BCUT2D eigenvalue weighted by Gasteiger charge is -2.30. The van der Waals surface area contributed by atoms with Crippen molar-refractivity contribution in [3.8, 4) is 0 Å². The van der Waals surface area contributed by atoms with Crippen LogP contribution < -0.4 is 0 Å². The Morgan fingerprint density at radius 3 is 2.83 bits per heavy atom. The number of piperidine rings is 1. The largest absolute Gasteiger partial charge is 0.481 e. The Morgan fingerprint density at radius 2 is 2.22 bits per heavy atom. The van der Waals surface area contributed by atoms with Crippen molar-refractivity contribution in [2.75, 3.05) is 25.9 Å². The lowest BCUT2D eigenvalue weighted by molar-refractivity contribution is -0.133. The van der Waals surface area contributed by atoms with Gasteiger partial charge in [-0.15, -0.1) is 0 Å². The second-order valence-corrected chi connectivity index (χ2v) is 5.73. The molecule has 5 nitrogen and oxygen atoms in total. The van der Waals surface area contributed by atoms with Crippen molar-refractivity contribution >= 4 is 17.7 Å². The van der Waals surface area contributed by atoms with E-state index in [1.807, 2.05) is 13.1 Å². The summed E-state index contributed by atoms with van der Waals surface area (Å²) in [5, 5.41) is 9.59. The molecule has 2 rings (SSSR count).